The van der Waals surface area contributed by atoms with Crippen molar-refractivity contribution in [2.45, 2.75) is 10.1 Å². The molecule has 1 aromatic carbocycles. The fourth-order valence-electron chi connectivity index (χ4n) is 1.69. The molecule has 0 amide bonds. The lowest BCUT2D eigenvalue weighted by Crippen LogP contribution is -2.07. The van der Waals surface area contributed by atoms with Crippen molar-refractivity contribution in [3.63, 3.8) is 0 Å². The highest BCUT2D eigenvalue weighted by atomic mass is 32.2. The van der Waals surface area contributed by atoms with E-state index in [0.717, 1.165) is 5.41 Å². The highest BCUT2D eigenvalue weighted by molar-refractivity contribution is 7.94. The quantitative estimate of drug-likeness (QED) is 0.659. The van der Waals surface area contributed by atoms with Crippen molar-refractivity contribution in [1.29, 1.82) is 0 Å². The Hall–Kier alpha value is -1.90. The van der Waals surface area contributed by atoms with Crippen LogP contribution in [0.5, 0.6) is 0 Å². The van der Waals surface area contributed by atoms with Gasteiger partial charge in [-0.05, 0) is 18.2 Å². The first-order valence-electron chi connectivity index (χ1n) is 6.30. The molecule has 2 rings (SSSR count). The molecule has 22 heavy (non-hydrogen) atoms. The summed E-state index contributed by atoms with van der Waals surface area (Å²) in [6, 6.07) is 8.12. The second-order valence-electron chi connectivity index (χ2n) is 4.32. The van der Waals surface area contributed by atoms with Crippen molar-refractivity contribution in [2.24, 2.45) is 0 Å². The molecule has 0 aliphatic heterocycles. The van der Waals surface area contributed by atoms with Crippen LogP contribution >= 0.6 is 0 Å². The molecule has 6 nitrogen and oxygen atoms in total. The second-order valence-corrected chi connectivity index (χ2v) is 7.43. The predicted molar refractivity (Wildman–Crippen MR) is 86.6 cm³/mol. The molecule has 8 heteroatoms. The minimum absolute atomic E-state index is 0.187. The van der Waals surface area contributed by atoms with Crippen LogP contribution in [0, 0.1) is 0 Å². The normalized spacial score (nSPS) is 13.2. The SMILES string of the molecule is CNc1nc([S+](C)[O-])ncc1/C=C/S(=O)(=O)c1ccccc1. The largest absolute Gasteiger partial charge is 0.609 e. The first-order chi connectivity index (χ1) is 10.4. The lowest BCUT2D eigenvalue weighted by molar-refractivity contribution is 0.592. The van der Waals surface area contributed by atoms with Crippen LogP contribution in [-0.4, -0.2) is 36.2 Å². The number of benzene rings is 1. The monoisotopic (exact) mass is 337 g/mol. The van der Waals surface area contributed by atoms with Crippen molar-refractivity contribution < 1.29 is 13.0 Å². The maximum absolute atomic E-state index is 12.2. The lowest BCUT2D eigenvalue weighted by Gasteiger charge is -2.07. The van der Waals surface area contributed by atoms with E-state index in [4.69, 9.17) is 0 Å². The molecule has 0 radical (unpaired) electrons. The van der Waals surface area contributed by atoms with Gasteiger partial charge in [-0.25, -0.2) is 8.42 Å². The molecule has 0 saturated heterocycles. The third-order valence-corrected chi connectivity index (χ3v) is 4.92. The Kier molecular flexibility index (Phi) is 5.17. The van der Waals surface area contributed by atoms with Gasteiger partial charge < -0.3 is 9.87 Å². The highest BCUT2D eigenvalue weighted by Gasteiger charge is 2.13. The summed E-state index contributed by atoms with van der Waals surface area (Å²) in [6.07, 6.45) is 4.33. The Balaban J connectivity index is 2.34. The Bertz CT molecular complexity index is 775. The van der Waals surface area contributed by atoms with Gasteiger partial charge in [-0.1, -0.05) is 18.2 Å². The molecule has 1 heterocycles. The average molecular weight is 337 g/mol. The Morgan fingerprint density at radius 3 is 2.55 bits per heavy atom. The van der Waals surface area contributed by atoms with Crippen molar-refractivity contribution in [3.8, 4) is 0 Å². The van der Waals surface area contributed by atoms with Gasteiger partial charge >= 0.3 is 5.16 Å². The van der Waals surface area contributed by atoms with E-state index in [1.807, 2.05) is 0 Å². The summed E-state index contributed by atoms with van der Waals surface area (Å²) in [7, 11) is -1.89. The molecule has 1 unspecified atom stereocenters. The summed E-state index contributed by atoms with van der Waals surface area (Å²) in [5.74, 6) is 0.416. The number of sulfone groups is 1. The highest BCUT2D eigenvalue weighted by Crippen LogP contribution is 2.18. The summed E-state index contributed by atoms with van der Waals surface area (Å²) in [4.78, 5) is 8.27. The zero-order valence-corrected chi connectivity index (χ0v) is 13.7. The molecule has 116 valence electrons. The molecule has 0 saturated carbocycles. The van der Waals surface area contributed by atoms with Crippen molar-refractivity contribution >= 4 is 32.9 Å². The van der Waals surface area contributed by atoms with Crippen LogP contribution in [0.1, 0.15) is 5.56 Å². The maximum Gasteiger partial charge on any atom is 0.344 e. The molecule has 1 N–H and O–H groups in total. The van der Waals surface area contributed by atoms with E-state index in [2.05, 4.69) is 15.3 Å². The van der Waals surface area contributed by atoms with Gasteiger partial charge in [0.25, 0.3) is 0 Å². The van der Waals surface area contributed by atoms with Crippen molar-refractivity contribution in [2.75, 3.05) is 18.6 Å². The van der Waals surface area contributed by atoms with Crippen molar-refractivity contribution in [1.82, 2.24) is 9.97 Å². The zero-order valence-electron chi connectivity index (χ0n) is 12.1. The van der Waals surface area contributed by atoms with Crippen LogP contribution in [0.25, 0.3) is 6.08 Å². The minimum atomic E-state index is -3.53. The van der Waals surface area contributed by atoms with Gasteiger partial charge in [0.1, 0.15) is 12.1 Å². The number of hydrogen-bond acceptors (Lipinski definition) is 6. The molecule has 0 aliphatic rings. The van der Waals surface area contributed by atoms with E-state index in [-0.39, 0.29) is 10.1 Å². The van der Waals surface area contributed by atoms with Crippen LogP contribution < -0.4 is 5.32 Å². The van der Waals surface area contributed by atoms with Crippen LogP contribution in [0.4, 0.5) is 5.82 Å². The average Bonchev–Trinajstić information content (AvgIpc) is 2.53. The topological polar surface area (TPSA) is 95.0 Å². The van der Waals surface area contributed by atoms with E-state index < -0.39 is 21.0 Å². The van der Waals surface area contributed by atoms with Crippen LogP contribution in [0.3, 0.4) is 0 Å². The molecule has 0 spiro atoms. The summed E-state index contributed by atoms with van der Waals surface area (Å²) < 4.78 is 35.7. The van der Waals surface area contributed by atoms with Gasteiger partial charge in [0.15, 0.2) is 9.84 Å². The van der Waals surface area contributed by atoms with E-state index in [1.165, 1.54) is 30.7 Å². The Morgan fingerprint density at radius 1 is 1.27 bits per heavy atom. The van der Waals surface area contributed by atoms with E-state index >= 15 is 0 Å². The number of rotatable bonds is 5. The lowest BCUT2D eigenvalue weighted by atomic mass is 10.3. The van der Waals surface area contributed by atoms with Gasteiger partial charge in [-0.15, -0.1) is 0 Å². The summed E-state index contributed by atoms with van der Waals surface area (Å²) >= 11 is -1.30. The van der Waals surface area contributed by atoms with Crippen LogP contribution in [0.2, 0.25) is 0 Å². The smallest absolute Gasteiger partial charge is 0.344 e. The molecular formula is C14H15N3O3S2. The van der Waals surface area contributed by atoms with Crippen LogP contribution in [0.15, 0.2) is 52.0 Å². The fraction of sp³-hybridized carbons (Fsp3) is 0.143. The molecule has 2 aromatic rings. The number of nitrogens with one attached hydrogen (secondary N) is 1. The number of aromatic nitrogens is 2. The Morgan fingerprint density at radius 2 is 1.95 bits per heavy atom. The van der Waals surface area contributed by atoms with E-state index in [0.29, 0.717) is 11.4 Å². The van der Waals surface area contributed by atoms with Crippen LogP contribution in [-0.2, 0) is 21.0 Å². The third kappa shape index (κ3) is 3.85. The number of hydrogen-bond donors (Lipinski definition) is 1. The first kappa shape index (κ1) is 16.5. The first-order valence-corrected chi connectivity index (χ1v) is 9.41. The third-order valence-electron chi connectivity index (χ3n) is 2.79. The minimum Gasteiger partial charge on any atom is -0.609 e. The molecule has 0 bridgehead atoms. The number of anilines is 1. The maximum atomic E-state index is 12.2. The fourth-order valence-corrected chi connectivity index (χ4v) is 3.13. The van der Waals surface area contributed by atoms with Gasteiger partial charge in [0, 0.05) is 35.4 Å². The van der Waals surface area contributed by atoms with Crippen molar-refractivity contribution in [3.05, 3.63) is 47.5 Å². The van der Waals surface area contributed by atoms with E-state index in [1.54, 1.807) is 25.2 Å². The van der Waals surface area contributed by atoms with E-state index in [9.17, 15) is 13.0 Å². The van der Waals surface area contributed by atoms with Gasteiger partial charge in [0.05, 0.1) is 4.90 Å². The molecule has 1 atom stereocenters. The zero-order chi connectivity index (χ0) is 16.2. The summed E-state index contributed by atoms with van der Waals surface area (Å²) in [5.41, 5.74) is 0.496. The number of nitrogens with zero attached hydrogens (tertiary/aromatic N) is 2. The Labute approximate surface area is 132 Å². The van der Waals surface area contributed by atoms with Gasteiger partial charge in [0.2, 0.25) is 0 Å². The van der Waals surface area contributed by atoms with Gasteiger partial charge in [-0.2, -0.15) is 9.97 Å². The molecule has 1 aromatic heterocycles. The summed E-state index contributed by atoms with van der Waals surface area (Å²) in [6.45, 7) is 0. The molecular weight excluding hydrogens is 322 g/mol. The second kappa shape index (κ2) is 6.91. The van der Waals surface area contributed by atoms with Gasteiger partial charge in [-0.3, -0.25) is 0 Å². The molecule has 0 aliphatic carbocycles. The summed E-state index contributed by atoms with van der Waals surface area (Å²) in [5, 5.41) is 4.12. The molecule has 0 fully saturated rings. The standard InChI is InChI=1S/C14H15N3O3S2/c1-15-13-11(10-16-14(17-13)21(2)18)8-9-22(19,20)12-6-4-3-5-7-12/h3-10H,1-2H3,(H,15,16,17)/b9-8+. The predicted octanol–water partition coefficient (Wildman–Crippen LogP) is 1.70.